The van der Waals surface area contributed by atoms with Gasteiger partial charge in [0.15, 0.2) is 5.76 Å². The number of H-pyrrole nitrogens is 1. The normalized spacial score (nSPS) is 11.7. The Kier molecular flexibility index (Phi) is 4.93. The first-order chi connectivity index (χ1) is 12.2. The van der Waals surface area contributed by atoms with Gasteiger partial charge in [-0.05, 0) is 32.9 Å². The highest BCUT2D eigenvalue weighted by Crippen LogP contribution is 2.31. The second-order valence-electron chi connectivity index (χ2n) is 6.63. The summed E-state index contributed by atoms with van der Waals surface area (Å²) < 4.78 is 10.8. The van der Waals surface area contributed by atoms with Gasteiger partial charge in [-0.15, -0.1) is 0 Å². The van der Waals surface area contributed by atoms with Crippen LogP contribution in [0, 0.1) is 6.92 Å². The fraction of sp³-hybridized carbons (Fsp3) is 0.333. The number of halogens is 1. The van der Waals surface area contributed by atoms with E-state index in [-0.39, 0.29) is 13.2 Å². The van der Waals surface area contributed by atoms with Gasteiger partial charge in [-0.1, -0.05) is 16.8 Å². The summed E-state index contributed by atoms with van der Waals surface area (Å²) in [5, 5.41) is 17.5. The minimum atomic E-state index is -1.42. The molecule has 0 spiro atoms. The molecule has 2 aromatic heterocycles. The number of rotatable bonds is 6. The number of carbonyl (C=O) groups excluding carboxylic acids is 1. The van der Waals surface area contributed by atoms with Crippen molar-refractivity contribution in [1.29, 1.82) is 0 Å². The van der Waals surface area contributed by atoms with Crippen LogP contribution in [0.5, 0.6) is 5.75 Å². The molecule has 8 heteroatoms. The zero-order valence-electron chi connectivity index (χ0n) is 14.7. The highest BCUT2D eigenvalue weighted by molar-refractivity contribution is 6.32. The summed E-state index contributed by atoms with van der Waals surface area (Å²) in [6, 6.07) is 7.26. The lowest BCUT2D eigenvalue weighted by atomic mass is 10.1. The van der Waals surface area contributed by atoms with Crippen LogP contribution < -0.4 is 10.1 Å². The summed E-state index contributed by atoms with van der Waals surface area (Å²) in [6.45, 7) is 5.20. The van der Waals surface area contributed by atoms with Crippen LogP contribution in [0.15, 0.2) is 28.8 Å². The first-order valence-corrected chi connectivity index (χ1v) is 8.47. The molecule has 0 saturated carbocycles. The van der Waals surface area contributed by atoms with Gasteiger partial charge in [0, 0.05) is 28.7 Å². The standard InChI is InChI=1S/C18H20ClN3O4/c1-10-4-13(26-22-10)9-25-16-7-15-11(6-14(16)19)5-12(21-15)8-20-17(23)18(2,3)24/h4-7,21,24H,8-9H2,1-3H3,(H,20,23). The molecule has 0 fully saturated rings. The van der Waals surface area contributed by atoms with Crippen LogP contribution in [-0.4, -0.2) is 26.8 Å². The Balaban J connectivity index is 1.72. The zero-order chi connectivity index (χ0) is 18.9. The minimum Gasteiger partial charge on any atom is -0.484 e. The molecule has 3 rings (SSSR count). The molecule has 7 nitrogen and oxygen atoms in total. The third kappa shape index (κ3) is 4.17. The van der Waals surface area contributed by atoms with Crippen LogP contribution in [0.3, 0.4) is 0 Å². The molecule has 3 N–H and O–H groups in total. The molecule has 1 aromatic carbocycles. The first-order valence-electron chi connectivity index (χ1n) is 8.09. The van der Waals surface area contributed by atoms with Gasteiger partial charge in [-0.2, -0.15) is 0 Å². The second kappa shape index (κ2) is 7.01. The number of amides is 1. The highest BCUT2D eigenvalue weighted by Gasteiger charge is 2.23. The molecule has 0 aliphatic rings. The Bertz CT molecular complexity index is 940. The van der Waals surface area contributed by atoms with Crippen molar-refractivity contribution in [2.45, 2.75) is 39.5 Å². The summed E-state index contributed by atoms with van der Waals surface area (Å²) >= 11 is 6.28. The summed E-state index contributed by atoms with van der Waals surface area (Å²) in [7, 11) is 0. The van der Waals surface area contributed by atoms with Crippen LogP contribution in [0.2, 0.25) is 5.02 Å². The second-order valence-corrected chi connectivity index (χ2v) is 7.04. The van der Waals surface area contributed by atoms with Gasteiger partial charge in [-0.3, -0.25) is 4.79 Å². The van der Waals surface area contributed by atoms with Gasteiger partial charge in [0.1, 0.15) is 18.0 Å². The SMILES string of the molecule is Cc1cc(COc2cc3[nH]c(CNC(=O)C(C)(C)O)cc3cc2Cl)on1. The van der Waals surface area contributed by atoms with Crippen molar-refractivity contribution in [2.24, 2.45) is 0 Å². The number of nitrogens with one attached hydrogen (secondary N) is 2. The number of aromatic nitrogens is 2. The van der Waals surface area contributed by atoms with E-state index in [1.165, 1.54) is 13.8 Å². The van der Waals surface area contributed by atoms with Crippen molar-refractivity contribution in [3.8, 4) is 5.75 Å². The molecule has 0 saturated heterocycles. The van der Waals surface area contributed by atoms with Crippen molar-refractivity contribution in [2.75, 3.05) is 0 Å². The van der Waals surface area contributed by atoms with Gasteiger partial charge in [0.25, 0.3) is 5.91 Å². The number of fused-ring (bicyclic) bond motifs is 1. The lowest BCUT2D eigenvalue weighted by Crippen LogP contribution is -2.41. The monoisotopic (exact) mass is 377 g/mol. The molecule has 138 valence electrons. The Morgan fingerprint density at radius 2 is 2.15 bits per heavy atom. The molecule has 1 amide bonds. The van der Waals surface area contributed by atoms with Crippen molar-refractivity contribution in [1.82, 2.24) is 15.5 Å². The average Bonchev–Trinajstić information content (AvgIpc) is 3.14. The molecule has 0 aliphatic carbocycles. The molecule has 26 heavy (non-hydrogen) atoms. The number of aryl methyl sites for hydroxylation is 1. The molecule has 0 aliphatic heterocycles. The lowest BCUT2D eigenvalue weighted by molar-refractivity contribution is -0.136. The number of nitrogens with zero attached hydrogens (tertiary/aromatic N) is 1. The third-order valence-electron chi connectivity index (χ3n) is 3.77. The van der Waals surface area contributed by atoms with E-state index >= 15 is 0 Å². The summed E-state index contributed by atoms with van der Waals surface area (Å²) in [5.41, 5.74) is 0.977. The predicted molar refractivity (Wildman–Crippen MR) is 97.0 cm³/mol. The van der Waals surface area contributed by atoms with Crippen LogP contribution in [0.1, 0.15) is 31.0 Å². The van der Waals surface area contributed by atoms with E-state index < -0.39 is 11.5 Å². The largest absolute Gasteiger partial charge is 0.484 e. The molecule has 0 unspecified atom stereocenters. The fourth-order valence-electron chi connectivity index (χ4n) is 2.42. The molecule has 0 atom stereocenters. The van der Waals surface area contributed by atoms with Crippen LogP contribution in [0.4, 0.5) is 0 Å². The molecule has 2 heterocycles. The van der Waals surface area contributed by atoms with Crippen LogP contribution in [-0.2, 0) is 17.9 Å². The Labute approximate surface area is 155 Å². The van der Waals surface area contributed by atoms with Crippen molar-refractivity contribution >= 4 is 28.4 Å². The number of aromatic amines is 1. The van der Waals surface area contributed by atoms with Gasteiger partial charge < -0.3 is 24.7 Å². The van der Waals surface area contributed by atoms with E-state index in [1.807, 2.05) is 13.0 Å². The van der Waals surface area contributed by atoms with Gasteiger partial charge >= 0.3 is 0 Å². The van der Waals surface area contributed by atoms with Crippen LogP contribution >= 0.6 is 11.6 Å². The summed E-state index contributed by atoms with van der Waals surface area (Å²) in [4.78, 5) is 15.0. The average molecular weight is 378 g/mol. The van der Waals surface area contributed by atoms with E-state index in [2.05, 4.69) is 15.5 Å². The maximum absolute atomic E-state index is 11.8. The van der Waals surface area contributed by atoms with Crippen molar-refractivity contribution < 1.29 is 19.2 Å². The molecule has 0 radical (unpaired) electrons. The Hall–Kier alpha value is -2.51. The predicted octanol–water partition coefficient (Wildman–Crippen LogP) is 3.08. The smallest absolute Gasteiger partial charge is 0.251 e. The van der Waals surface area contributed by atoms with Crippen molar-refractivity contribution in [3.63, 3.8) is 0 Å². The minimum absolute atomic E-state index is 0.223. The van der Waals surface area contributed by atoms with E-state index in [0.717, 1.165) is 22.3 Å². The maximum atomic E-state index is 11.8. The van der Waals surface area contributed by atoms with Gasteiger partial charge in [0.2, 0.25) is 0 Å². The van der Waals surface area contributed by atoms with Gasteiger partial charge in [0.05, 0.1) is 17.3 Å². The molecular weight excluding hydrogens is 358 g/mol. The number of carbonyl (C=O) groups is 1. The number of hydrogen-bond donors (Lipinski definition) is 3. The fourth-order valence-corrected chi connectivity index (χ4v) is 2.65. The molecular formula is C18H20ClN3O4. The van der Waals surface area contributed by atoms with E-state index in [4.69, 9.17) is 20.9 Å². The maximum Gasteiger partial charge on any atom is 0.251 e. The van der Waals surface area contributed by atoms with Crippen molar-refractivity contribution in [3.05, 3.63) is 46.4 Å². The quantitative estimate of drug-likeness (QED) is 0.613. The summed E-state index contributed by atoms with van der Waals surface area (Å²) in [6.07, 6.45) is 0. The Morgan fingerprint density at radius 1 is 1.38 bits per heavy atom. The number of ether oxygens (including phenoxy) is 1. The molecule has 0 bridgehead atoms. The molecule has 3 aromatic rings. The topological polar surface area (TPSA) is 100 Å². The van der Waals surface area contributed by atoms with E-state index in [1.54, 1.807) is 18.2 Å². The van der Waals surface area contributed by atoms with E-state index in [9.17, 15) is 9.90 Å². The van der Waals surface area contributed by atoms with Gasteiger partial charge in [-0.25, -0.2) is 0 Å². The summed E-state index contributed by atoms with van der Waals surface area (Å²) in [5.74, 6) is 0.683. The number of benzene rings is 1. The Morgan fingerprint density at radius 3 is 2.81 bits per heavy atom. The number of aliphatic hydroxyl groups is 1. The first kappa shape index (κ1) is 18.3. The zero-order valence-corrected chi connectivity index (χ0v) is 15.5. The lowest BCUT2D eigenvalue weighted by Gasteiger charge is -2.15. The van der Waals surface area contributed by atoms with E-state index in [0.29, 0.717) is 16.5 Å². The third-order valence-corrected chi connectivity index (χ3v) is 4.07. The highest BCUT2D eigenvalue weighted by atomic mass is 35.5. The van der Waals surface area contributed by atoms with Crippen LogP contribution in [0.25, 0.3) is 10.9 Å². The number of hydrogen-bond acceptors (Lipinski definition) is 5.